The molecule has 1 nitrogen and oxygen atoms in total. The molecule has 0 bridgehead atoms. The third-order valence-electron chi connectivity index (χ3n) is 2.01. The summed E-state index contributed by atoms with van der Waals surface area (Å²) in [6.45, 7) is 3.88. The van der Waals surface area contributed by atoms with Gasteiger partial charge in [-0.15, -0.1) is 0 Å². The number of halogens is 1. The lowest BCUT2D eigenvalue weighted by molar-refractivity contribution is -0.114. The van der Waals surface area contributed by atoms with Gasteiger partial charge in [0.1, 0.15) is 0 Å². The maximum Gasteiger partial charge on any atom is 0.224 e. The van der Waals surface area contributed by atoms with E-state index >= 15 is 0 Å². The van der Waals surface area contributed by atoms with Gasteiger partial charge in [-0.3, -0.25) is 4.79 Å². The molecule has 1 rings (SSSR count). The highest BCUT2D eigenvalue weighted by molar-refractivity contribution is 6.63. The van der Waals surface area contributed by atoms with Crippen molar-refractivity contribution in [2.45, 2.75) is 20.3 Å². The van der Waals surface area contributed by atoms with Crippen LogP contribution in [0.1, 0.15) is 18.1 Å². The standard InChI is InChI=1S/C11H13ClO/c1-8-4-3-5-10(6-8)7-9(2)11(12)13/h3-6,9H,7H2,1-2H3. The molecule has 0 heterocycles. The number of carbonyl (C=O) groups excluding carboxylic acids is 1. The normalized spacial score (nSPS) is 12.5. The average molecular weight is 197 g/mol. The number of benzene rings is 1. The molecule has 0 fully saturated rings. The van der Waals surface area contributed by atoms with Crippen molar-refractivity contribution in [3.8, 4) is 0 Å². The molecule has 0 aliphatic carbocycles. The SMILES string of the molecule is Cc1cccc(CC(C)C(=O)Cl)c1. The van der Waals surface area contributed by atoms with Gasteiger partial charge in [0.2, 0.25) is 5.24 Å². The van der Waals surface area contributed by atoms with Crippen molar-refractivity contribution in [3.63, 3.8) is 0 Å². The minimum Gasteiger partial charge on any atom is -0.281 e. The highest BCUT2D eigenvalue weighted by atomic mass is 35.5. The second-order valence-corrected chi connectivity index (χ2v) is 3.77. The minimum absolute atomic E-state index is 0.0940. The molecule has 0 saturated carbocycles. The van der Waals surface area contributed by atoms with Crippen LogP contribution in [0.15, 0.2) is 24.3 Å². The summed E-state index contributed by atoms with van der Waals surface area (Å²) >= 11 is 5.38. The minimum atomic E-state index is -0.262. The van der Waals surface area contributed by atoms with Gasteiger partial charge < -0.3 is 0 Å². The molecule has 0 N–H and O–H groups in total. The molecule has 0 spiro atoms. The highest BCUT2D eigenvalue weighted by Gasteiger charge is 2.10. The number of hydrogen-bond donors (Lipinski definition) is 0. The maximum atomic E-state index is 10.8. The van der Waals surface area contributed by atoms with Gasteiger partial charge in [0, 0.05) is 5.92 Å². The van der Waals surface area contributed by atoms with Crippen LogP contribution in [0, 0.1) is 12.8 Å². The lowest BCUT2D eigenvalue weighted by Gasteiger charge is -2.06. The van der Waals surface area contributed by atoms with E-state index in [2.05, 4.69) is 6.07 Å². The van der Waals surface area contributed by atoms with Crippen LogP contribution in [0.2, 0.25) is 0 Å². The Bertz CT molecular complexity index is 307. The fourth-order valence-corrected chi connectivity index (χ4v) is 1.35. The van der Waals surface area contributed by atoms with Gasteiger partial charge in [0.15, 0.2) is 0 Å². The van der Waals surface area contributed by atoms with Crippen LogP contribution < -0.4 is 0 Å². The highest BCUT2D eigenvalue weighted by Crippen LogP contribution is 2.12. The van der Waals surface area contributed by atoms with Crippen LogP contribution in [0.5, 0.6) is 0 Å². The van der Waals surface area contributed by atoms with Crippen LogP contribution in [-0.2, 0) is 11.2 Å². The van der Waals surface area contributed by atoms with Crippen molar-refractivity contribution in [2.24, 2.45) is 5.92 Å². The van der Waals surface area contributed by atoms with Crippen molar-refractivity contribution in [1.29, 1.82) is 0 Å². The Labute approximate surface area is 83.7 Å². The van der Waals surface area contributed by atoms with Crippen molar-refractivity contribution >= 4 is 16.8 Å². The fraction of sp³-hybridized carbons (Fsp3) is 0.364. The Hall–Kier alpha value is -0.820. The maximum absolute atomic E-state index is 10.8. The van der Waals surface area contributed by atoms with Crippen LogP contribution in [0.3, 0.4) is 0 Å². The van der Waals surface area contributed by atoms with E-state index in [0.29, 0.717) is 0 Å². The number of rotatable bonds is 3. The van der Waals surface area contributed by atoms with E-state index in [-0.39, 0.29) is 11.2 Å². The second-order valence-electron chi connectivity index (χ2n) is 3.40. The zero-order chi connectivity index (χ0) is 9.84. The summed E-state index contributed by atoms with van der Waals surface area (Å²) in [4.78, 5) is 10.8. The van der Waals surface area contributed by atoms with E-state index in [1.807, 2.05) is 32.0 Å². The molecular weight excluding hydrogens is 184 g/mol. The van der Waals surface area contributed by atoms with E-state index in [0.717, 1.165) is 6.42 Å². The van der Waals surface area contributed by atoms with Gasteiger partial charge in [-0.2, -0.15) is 0 Å². The van der Waals surface area contributed by atoms with Crippen molar-refractivity contribution in [3.05, 3.63) is 35.4 Å². The molecule has 1 atom stereocenters. The van der Waals surface area contributed by atoms with E-state index in [1.54, 1.807) is 0 Å². The predicted molar refractivity (Wildman–Crippen MR) is 54.9 cm³/mol. The van der Waals surface area contributed by atoms with Crippen LogP contribution in [0.4, 0.5) is 0 Å². The Morgan fingerprint density at radius 2 is 2.23 bits per heavy atom. The number of carbonyl (C=O) groups is 1. The van der Waals surface area contributed by atoms with E-state index in [4.69, 9.17) is 11.6 Å². The van der Waals surface area contributed by atoms with Crippen LogP contribution in [-0.4, -0.2) is 5.24 Å². The molecule has 70 valence electrons. The first-order valence-corrected chi connectivity index (χ1v) is 4.72. The lowest BCUT2D eigenvalue weighted by Crippen LogP contribution is -2.07. The molecule has 1 aromatic carbocycles. The molecule has 0 radical (unpaired) electrons. The first-order valence-electron chi connectivity index (χ1n) is 4.34. The summed E-state index contributed by atoms with van der Waals surface area (Å²) in [5.41, 5.74) is 2.38. The van der Waals surface area contributed by atoms with Crippen LogP contribution >= 0.6 is 11.6 Å². The molecule has 1 aromatic rings. The molecule has 2 heteroatoms. The largest absolute Gasteiger partial charge is 0.281 e. The summed E-state index contributed by atoms with van der Waals surface area (Å²) in [5.74, 6) is -0.0940. The number of hydrogen-bond acceptors (Lipinski definition) is 1. The number of aryl methyl sites for hydroxylation is 1. The molecule has 0 saturated heterocycles. The van der Waals surface area contributed by atoms with Crippen molar-refractivity contribution in [1.82, 2.24) is 0 Å². The van der Waals surface area contributed by atoms with Crippen LogP contribution in [0.25, 0.3) is 0 Å². The van der Waals surface area contributed by atoms with E-state index in [1.165, 1.54) is 11.1 Å². The summed E-state index contributed by atoms with van der Waals surface area (Å²) in [5, 5.41) is -0.262. The van der Waals surface area contributed by atoms with Crippen molar-refractivity contribution in [2.75, 3.05) is 0 Å². The molecule has 13 heavy (non-hydrogen) atoms. The lowest BCUT2D eigenvalue weighted by atomic mass is 10.0. The van der Waals surface area contributed by atoms with E-state index < -0.39 is 0 Å². The molecule has 0 aromatic heterocycles. The van der Waals surface area contributed by atoms with Gasteiger partial charge in [0.25, 0.3) is 0 Å². The van der Waals surface area contributed by atoms with Gasteiger partial charge in [0.05, 0.1) is 0 Å². The third-order valence-corrected chi connectivity index (χ3v) is 2.38. The van der Waals surface area contributed by atoms with Gasteiger partial charge in [-0.25, -0.2) is 0 Å². The summed E-state index contributed by atoms with van der Waals surface area (Å²) in [7, 11) is 0. The van der Waals surface area contributed by atoms with Crippen molar-refractivity contribution < 1.29 is 4.79 Å². The van der Waals surface area contributed by atoms with Gasteiger partial charge in [-0.1, -0.05) is 36.8 Å². The first-order chi connectivity index (χ1) is 6.09. The summed E-state index contributed by atoms with van der Waals surface area (Å²) in [6.07, 6.45) is 0.726. The topological polar surface area (TPSA) is 17.1 Å². The molecule has 0 aliphatic rings. The average Bonchev–Trinajstić information content (AvgIpc) is 2.04. The smallest absolute Gasteiger partial charge is 0.224 e. The second kappa shape index (κ2) is 4.43. The monoisotopic (exact) mass is 196 g/mol. The van der Waals surface area contributed by atoms with Gasteiger partial charge >= 0.3 is 0 Å². The quantitative estimate of drug-likeness (QED) is 0.680. The molecule has 0 aliphatic heterocycles. The fourth-order valence-electron chi connectivity index (χ4n) is 1.27. The zero-order valence-electron chi connectivity index (χ0n) is 7.88. The first kappa shape index (κ1) is 10.3. The summed E-state index contributed by atoms with van der Waals surface area (Å²) < 4.78 is 0. The Morgan fingerprint density at radius 1 is 1.54 bits per heavy atom. The molecule has 0 amide bonds. The zero-order valence-corrected chi connectivity index (χ0v) is 8.64. The third kappa shape index (κ3) is 3.19. The Kier molecular flexibility index (Phi) is 3.49. The predicted octanol–water partition coefficient (Wildman–Crippen LogP) is 2.94. The molecule has 1 unspecified atom stereocenters. The van der Waals surface area contributed by atoms with E-state index in [9.17, 15) is 4.79 Å². The Morgan fingerprint density at radius 3 is 2.77 bits per heavy atom. The van der Waals surface area contributed by atoms with Gasteiger partial charge in [-0.05, 0) is 30.5 Å². The summed E-state index contributed by atoms with van der Waals surface area (Å²) in [6, 6.07) is 8.13. The molecular formula is C11H13ClO. The Balaban J connectivity index is 2.69.